The highest BCUT2D eigenvalue weighted by atomic mass is 15.2. The number of hydrogen-bond donors (Lipinski definition) is 2. The van der Waals surface area contributed by atoms with Gasteiger partial charge >= 0.3 is 0 Å². The van der Waals surface area contributed by atoms with Crippen LogP contribution in [0.5, 0.6) is 0 Å². The molecule has 0 aromatic rings. The molecule has 0 aromatic heterocycles. The summed E-state index contributed by atoms with van der Waals surface area (Å²) < 4.78 is 0. The molecule has 3 nitrogen and oxygen atoms in total. The molecule has 0 radical (unpaired) electrons. The lowest BCUT2D eigenvalue weighted by atomic mass is 10.0. The summed E-state index contributed by atoms with van der Waals surface area (Å²) in [4.78, 5) is 2.42. The quantitative estimate of drug-likeness (QED) is 0.465. The Morgan fingerprint density at radius 3 is 2.08 bits per heavy atom. The van der Waals surface area contributed by atoms with Crippen molar-refractivity contribution in [3.63, 3.8) is 0 Å². The lowest BCUT2D eigenvalue weighted by molar-refractivity contribution is 0.263. The van der Waals surface area contributed by atoms with Gasteiger partial charge in [0, 0.05) is 6.04 Å². The molecular formula is C10H25N3. The molecule has 0 fully saturated rings. The highest BCUT2D eigenvalue weighted by molar-refractivity contribution is 4.69. The molecule has 0 spiro atoms. The van der Waals surface area contributed by atoms with E-state index in [1.54, 1.807) is 0 Å². The molecule has 0 aliphatic heterocycles. The number of nitrogens with zero attached hydrogens (tertiary/aromatic N) is 1. The summed E-state index contributed by atoms with van der Waals surface area (Å²) in [5, 5.41) is 0. The topological polar surface area (TPSA) is 41.3 Å². The van der Waals surface area contributed by atoms with Gasteiger partial charge in [-0.15, -0.1) is 0 Å². The minimum absolute atomic E-state index is 0.445. The Balaban J connectivity index is 3.69. The zero-order valence-electron chi connectivity index (χ0n) is 9.51. The van der Waals surface area contributed by atoms with Gasteiger partial charge in [0.15, 0.2) is 0 Å². The summed E-state index contributed by atoms with van der Waals surface area (Å²) in [5.74, 6) is 6.09. The predicted octanol–water partition coefficient (Wildman–Crippen LogP) is 1.21. The van der Waals surface area contributed by atoms with E-state index in [-0.39, 0.29) is 0 Å². The van der Waals surface area contributed by atoms with Crippen molar-refractivity contribution in [2.24, 2.45) is 11.8 Å². The summed E-state index contributed by atoms with van der Waals surface area (Å²) in [6, 6.07) is 0.445. The van der Waals surface area contributed by atoms with E-state index in [1.807, 2.05) is 0 Å². The molecular weight excluding hydrogens is 162 g/mol. The Bertz CT molecular complexity index is 111. The molecule has 1 atom stereocenters. The van der Waals surface area contributed by atoms with Crippen LogP contribution in [-0.2, 0) is 0 Å². The zero-order chi connectivity index (χ0) is 10.3. The normalized spacial score (nSPS) is 14.1. The molecule has 0 aromatic carbocycles. The maximum atomic E-state index is 5.47. The van der Waals surface area contributed by atoms with E-state index in [4.69, 9.17) is 5.84 Å². The van der Waals surface area contributed by atoms with Gasteiger partial charge in [-0.2, -0.15) is 0 Å². The first-order chi connectivity index (χ1) is 6.15. The van der Waals surface area contributed by atoms with Crippen LogP contribution in [0, 0.1) is 5.92 Å². The summed E-state index contributed by atoms with van der Waals surface area (Å²) >= 11 is 0. The minimum Gasteiger partial charge on any atom is -0.304 e. The average molecular weight is 187 g/mol. The Labute approximate surface area is 82.6 Å². The molecule has 1 unspecified atom stereocenters. The van der Waals surface area contributed by atoms with E-state index in [1.165, 1.54) is 0 Å². The van der Waals surface area contributed by atoms with Crippen molar-refractivity contribution in [2.45, 2.75) is 40.2 Å². The van der Waals surface area contributed by atoms with Crippen molar-refractivity contribution in [2.75, 3.05) is 19.6 Å². The van der Waals surface area contributed by atoms with Gasteiger partial charge in [0.25, 0.3) is 0 Å². The van der Waals surface area contributed by atoms with Gasteiger partial charge in [-0.1, -0.05) is 27.7 Å². The second-order valence-electron chi connectivity index (χ2n) is 3.83. The van der Waals surface area contributed by atoms with Gasteiger partial charge in [-0.3, -0.25) is 11.3 Å². The predicted molar refractivity (Wildman–Crippen MR) is 58.4 cm³/mol. The standard InChI is InChI=1S/C10H25N3/c1-5-13(6-2)8-7-10(12-11)9(3)4/h9-10,12H,5-8,11H2,1-4H3. The largest absolute Gasteiger partial charge is 0.304 e. The Hall–Kier alpha value is -0.120. The maximum Gasteiger partial charge on any atom is 0.0245 e. The molecule has 3 N–H and O–H groups in total. The van der Waals surface area contributed by atoms with E-state index in [2.05, 4.69) is 38.0 Å². The second kappa shape index (κ2) is 7.30. The fourth-order valence-corrected chi connectivity index (χ4v) is 1.47. The van der Waals surface area contributed by atoms with Crippen LogP contribution in [0.1, 0.15) is 34.1 Å². The first-order valence-electron chi connectivity index (χ1n) is 5.34. The lowest BCUT2D eigenvalue weighted by Crippen LogP contribution is -2.41. The van der Waals surface area contributed by atoms with E-state index < -0.39 is 0 Å². The van der Waals surface area contributed by atoms with Gasteiger partial charge in [0.1, 0.15) is 0 Å². The van der Waals surface area contributed by atoms with Crippen LogP contribution in [0.15, 0.2) is 0 Å². The van der Waals surface area contributed by atoms with Crippen molar-refractivity contribution in [1.82, 2.24) is 10.3 Å². The van der Waals surface area contributed by atoms with E-state index in [0.717, 1.165) is 26.1 Å². The van der Waals surface area contributed by atoms with Crippen molar-refractivity contribution < 1.29 is 0 Å². The molecule has 3 heteroatoms. The molecule has 0 rings (SSSR count). The second-order valence-corrected chi connectivity index (χ2v) is 3.83. The number of nitrogens with two attached hydrogens (primary N) is 1. The van der Waals surface area contributed by atoms with Gasteiger partial charge < -0.3 is 4.90 Å². The summed E-state index contributed by atoms with van der Waals surface area (Å²) in [6.07, 6.45) is 1.13. The fourth-order valence-electron chi connectivity index (χ4n) is 1.47. The van der Waals surface area contributed by atoms with Crippen molar-refractivity contribution >= 4 is 0 Å². The van der Waals surface area contributed by atoms with Crippen LogP contribution in [-0.4, -0.2) is 30.6 Å². The zero-order valence-corrected chi connectivity index (χ0v) is 9.51. The average Bonchev–Trinajstić information content (AvgIpc) is 2.12. The third kappa shape index (κ3) is 5.24. The van der Waals surface area contributed by atoms with E-state index in [9.17, 15) is 0 Å². The molecule has 0 bridgehead atoms. The molecule has 80 valence electrons. The summed E-state index contributed by atoms with van der Waals surface area (Å²) in [7, 11) is 0. The number of hydrogen-bond acceptors (Lipinski definition) is 3. The van der Waals surface area contributed by atoms with Crippen molar-refractivity contribution in [3.8, 4) is 0 Å². The van der Waals surface area contributed by atoms with Crippen LogP contribution in [0.25, 0.3) is 0 Å². The summed E-state index contributed by atoms with van der Waals surface area (Å²) in [6.45, 7) is 12.2. The molecule has 13 heavy (non-hydrogen) atoms. The molecule has 0 heterocycles. The van der Waals surface area contributed by atoms with Crippen LogP contribution < -0.4 is 11.3 Å². The van der Waals surface area contributed by atoms with E-state index >= 15 is 0 Å². The highest BCUT2D eigenvalue weighted by Crippen LogP contribution is 2.05. The molecule has 0 aliphatic rings. The van der Waals surface area contributed by atoms with Crippen molar-refractivity contribution in [1.29, 1.82) is 0 Å². The smallest absolute Gasteiger partial charge is 0.0245 e. The van der Waals surface area contributed by atoms with Gasteiger partial charge in [-0.05, 0) is 32.0 Å². The van der Waals surface area contributed by atoms with Crippen LogP contribution in [0.4, 0.5) is 0 Å². The first kappa shape index (κ1) is 12.9. The highest BCUT2D eigenvalue weighted by Gasteiger charge is 2.11. The number of hydrazine groups is 1. The van der Waals surface area contributed by atoms with Gasteiger partial charge in [0.2, 0.25) is 0 Å². The molecule has 0 amide bonds. The number of nitrogens with one attached hydrogen (secondary N) is 1. The first-order valence-corrected chi connectivity index (χ1v) is 5.34. The monoisotopic (exact) mass is 187 g/mol. The summed E-state index contributed by atoms with van der Waals surface area (Å²) in [5.41, 5.74) is 2.88. The number of rotatable bonds is 7. The Morgan fingerprint density at radius 1 is 1.23 bits per heavy atom. The Kier molecular flexibility index (Phi) is 7.23. The molecule has 0 saturated heterocycles. The maximum absolute atomic E-state index is 5.47. The van der Waals surface area contributed by atoms with Crippen LogP contribution in [0.3, 0.4) is 0 Å². The van der Waals surface area contributed by atoms with Crippen molar-refractivity contribution in [3.05, 3.63) is 0 Å². The van der Waals surface area contributed by atoms with Crippen LogP contribution in [0.2, 0.25) is 0 Å². The van der Waals surface area contributed by atoms with E-state index in [0.29, 0.717) is 12.0 Å². The Morgan fingerprint density at radius 2 is 1.77 bits per heavy atom. The minimum atomic E-state index is 0.445. The molecule has 0 aliphatic carbocycles. The third-order valence-corrected chi connectivity index (χ3v) is 2.67. The molecule has 0 saturated carbocycles. The third-order valence-electron chi connectivity index (χ3n) is 2.67. The van der Waals surface area contributed by atoms with Gasteiger partial charge in [-0.25, -0.2) is 0 Å². The van der Waals surface area contributed by atoms with Crippen LogP contribution >= 0.6 is 0 Å². The van der Waals surface area contributed by atoms with Gasteiger partial charge in [0.05, 0.1) is 0 Å². The lowest BCUT2D eigenvalue weighted by Gasteiger charge is -2.24. The SMILES string of the molecule is CCN(CC)CCC(NN)C(C)C. The fraction of sp³-hybridized carbons (Fsp3) is 1.00.